The summed E-state index contributed by atoms with van der Waals surface area (Å²) in [7, 11) is 0. The van der Waals surface area contributed by atoms with Crippen molar-refractivity contribution in [3.63, 3.8) is 0 Å². The van der Waals surface area contributed by atoms with Crippen molar-refractivity contribution >= 4 is 11.6 Å². The number of hydrogen-bond donors (Lipinski definition) is 1. The van der Waals surface area contributed by atoms with Gasteiger partial charge in [-0.3, -0.25) is 0 Å². The standard InChI is InChI=1S/C14H16ClNO/c1-10-5-6-12(8-13(10)15)9-16-11(2)14-4-3-7-17-14/h3-8,11,16H,9H2,1-2H3/t11-/m0/s1. The summed E-state index contributed by atoms with van der Waals surface area (Å²) in [6, 6.07) is 10.2. The van der Waals surface area contributed by atoms with Gasteiger partial charge in [-0.2, -0.15) is 0 Å². The molecular weight excluding hydrogens is 234 g/mol. The van der Waals surface area contributed by atoms with Gasteiger partial charge in [0.2, 0.25) is 0 Å². The maximum absolute atomic E-state index is 6.08. The van der Waals surface area contributed by atoms with Gasteiger partial charge >= 0.3 is 0 Å². The molecule has 1 N–H and O–H groups in total. The minimum absolute atomic E-state index is 0.199. The molecule has 0 aliphatic carbocycles. The van der Waals surface area contributed by atoms with E-state index in [4.69, 9.17) is 16.0 Å². The van der Waals surface area contributed by atoms with E-state index in [0.717, 1.165) is 22.9 Å². The zero-order chi connectivity index (χ0) is 12.3. The third kappa shape index (κ3) is 3.11. The molecule has 0 bridgehead atoms. The summed E-state index contributed by atoms with van der Waals surface area (Å²) in [5.74, 6) is 0.947. The predicted molar refractivity (Wildman–Crippen MR) is 70.2 cm³/mol. The Balaban J connectivity index is 1.96. The molecule has 3 heteroatoms. The predicted octanol–water partition coefficient (Wildman–Crippen LogP) is 4.09. The van der Waals surface area contributed by atoms with Gasteiger partial charge in [0.25, 0.3) is 0 Å². The van der Waals surface area contributed by atoms with Crippen molar-refractivity contribution in [2.75, 3.05) is 0 Å². The first kappa shape index (κ1) is 12.2. The van der Waals surface area contributed by atoms with Crippen LogP contribution in [0.1, 0.15) is 29.9 Å². The van der Waals surface area contributed by atoms with Crippen LogP contribution in [0.4, 0.5) is 0 Å². The molecule has 0 aliphatic heterocycles. The molecule has 0 saturated heterocycles. The number of furan rings is 1. The van der Waals surface area contributed by atoms with Crippen molar-refractivity contribution < 1.29 is 4.42 Å². The van der Waals surface area contributed by atoms with Crippen LogP contribution in [0.5, 0.6) is 0 Å². The summed E-state index contributed by atoms with van der Waals surface area (Å²) in [6.07, 6.45) is 1.69. The van der Waals surface area contributed by atoms with Gasteiger partial charge in [-0.25, -0.2) is 0 Å². The van der Waals surface area contributed by atoms with E-state index in [1.54, 1.807) is 6.26 Å². The highest BCUT2D eigenvalue weighted by Gasteiger charge is 2.07. The minimum atomic E-state index is 0.199. The number of nitrogens with one attached hydrogen (secondary N) is 1. The summed E-state index contributed by atoms with van der Waals surface area (Å²) < 4.78 is 5.34. The number of halogens is 1. The minimum Gasteiger partial charge on any atom is -0.468 e. The van der Waals surface area contributed by atoms with Crippen LogP contribution in [-0.4, -0.2) is 0 Å². The molecule has 2 rings (SSSR count). The van der Waals surface area contributed by atoms with Crippen LogP contribution in [-0.2, 0) is 6.54 Å². The molecule has 0 unspecified atom stereocenters. The average Bonchev–Trinajstić information content (AvgIpc) is 2.84. The average molecular weight is 250 g/mol. The highest BCUT2D eigenvalue weighted by molar-refractivity contribution is 6.31. The van der Waals surface area contributed by atoms with Crippen LogP contribution in [0.2, 0.25) is 5.02 Å². The summed E-state index contributed by atoms with van der Waals surface area (Å²) >= 11 is 6.08. The molecule has 0 saturated carbocycles. The third-order valence-corrected chi connectivity index (χ3v) is 3.23. The number of benzene rings is 1. The van der Waals surface area contributed by atoms with Crippen LogP contribution in [0.3, 0.4) is 0 Å². The first-order chi connectivity index (χ1) is 8.16. The maximum atomic E-state index is 6.08. The van der Waals surface area contributed by atoms with Crippen LogP contribution in [0, 0.1) is 6.92 Å². The highest BCUT2D eigenvalue weighted by Crippen LogP contribution is 2.18. The highest BCUT2D eigenvalue weighted by atomic mass is 35.5. The van der Waals surface area contributed by atoms with Crippen molar-refractivity contribution in [3.8, 4) is 0 Å². The third-order valence-electron chi connectivity index (χ3n) is 2.82. The Bertz CT molecular complexity index is 479. The molecule has 1 atom stereocenters. The quantitative estimate of drug-likeness (QED) is 0.883. The van der Waals surface area contributed by atoms with E-state index in [0.29, 0.717) is 0 Å². The lowest BCUT2D eigenvalue weighted by Gasteiger charge is -2.11. The van der Waals surface area contributed by atoms with Crippen LogP contribution >= 0.6 is 11.6 Å². The molecule has 1 aromatic carbocycles. The van der Waals surface area contributed by atoms with Gasteiger partial charge in [0.1, 0.15) is 5.76 Å². The number of hydrogen-bond acceptors (Lipinski definition) is 2. The molecule has 1 heterocycles. The largest absolute Gasteiger partial charge is 0.468 e. The van der Waals surface area contributed by atoms with Crippen molar-refractivity contribution in [3.05, 3.63) is 58.5 Å². The fourth-order valence-corrected chi connectivity index (χ4v) is 1.86. The molecule has 2 nitrogen and oxygen atoms in total. The van der Waals surface area contributed by atoms with E-state index in [1.807, 2.05) is 31.2 Å². The second kappa shape index (κ2) is 5.39. The Labute approximate surface area is 107 Å². The molecule has 1 aromatic heterocycles. The summed E-state index contributed by atoms with van der Waals surface area (Å²) in [5.41, 5.74) is 2.29. The van der Waals surface area contributed by atoms with E-state index >= 15 is 0 Å². The van der Waals surface area contributed by atoms with Crippen LogP contribution < -0.4 is 5.32 Å². The molecule has 90 valence electrons. The molecule has 17 heavy (non-hydrogen) atoms. The maximum Gasteiger partial charge on any atom is 0.120 e. The van der Waals surface area contributed by atoms with Gasteiger partial charge in [0.15, 0.2) is 0 Å². The Morgan fingerprint density at radius 3 is 2.82 bits per heavy atom. The lowest BCUT2D eigenvalue weighted by molar-refractivity contribution is 0.430. The van der Waals surface area contributed by atoms with Crippen molar-refractivity contribution in [1.29, 1.82) is 0 Å². The molecule has 0 spiro atoms. The summed E-state index contributed by atoms with van der Waals surface area (Å²) in [5, 5.41) is 4.21. The monoisotopic (exact) mass is 249 g/mol. The van der Waals surface area contributed by atoms with E-state index < -0.39 is 0 Å². The Kier molecular flexibility index (Phi) is 3.87. The zero-order valence-corrected chi connectivity index (χ0v) is 10.8. The van der Waals surface area contributed by atoms with Gasteiger partial charge in [-0.05, 0) is 43.2 Å². The van der Waals surface area contributed by atoms with Gasteiger partial charge < -0.3 is 9.73 Å². The van der Waals surface area contributed by atoms with Crippen molar-refractivity contribution in [1.82, 2.24) is 5.32 Å². The van der Waals surface area contributed by atoms with Crippen LogP contribution in [0.25, 0.3) is 0 Å². The Hall–Kier alpha value is -1.25. The molecule has 0 amide bonds. The van der Waals surface area contributed by atoms with E-state index in [9.17, 15) is 0 Å². The zero-order valence-electron chi connectivity index (χ0n) is 10.0. The fraction of sp³-hybridized carbons (Fsp3) is 0.286. The molecule has 2 aromatic rings. The van der Waals surface area contributed by atoms with E-state index in [1.165, 1.54) is 5.56 Å². The smallest absolute Gasteiger partial charge is 0.120 e. The summed E-state index contributed by atoms with van der Waals surface area (Å²) in [4.78, 5) is 0. The van der Waals surface area contributed by atoms with E-state index in [-0.39, 0.29) is 6.04 Å². The molecule has 0 radical (unpaired) electrons. The van der Waals surface area contributed by atoms with Crippen molar-refractivity contribution in [2.24, 2.45) is 0 Å². The normalized spacial score (nSPS) is 12.6. The Morgan fingerprint density at radius 1 is 1.35 bits per heavy atom. The van der Waals surface area contributed by atoms with Gasteiger partial charge in [-0.1, -0.05) is 23.7 Å². The SMILES string of the molecule is Cc1ccc(CN[C@@H](C)c2ccco2)cc1Cl. The number of rotatable bonds is 4. The topological polar surface area (TPSA) is 25.2 Å². The fourth-order valence-electron chi connectivity index (χ4n) is 1.66. The number of aryl methyl sites for hydroxylation is 1. The van der Waals surface area contributed by atoms with Crippen molar-refractivity contribution in [2.45, 2.75) is 26.4 Å². The van der Waals surface area contributed by atoms with Gasteiger partial charge in [0.05, 0.1) is 12.3 Å². The molecule has 0 fully saturated rings. The first-order valence-electron chi connectivity index (χ1n) is 5.68. The first-order valence-corrected chi connectivity index (χ1v) is 6.06. The molecule has 0 aliphatic rings. The second-order valence-corrected chi connectivity index (χ2v) is 4.61. The van der Waals surface area contributed by atoms with Crippen LogP contribution in [0.15, 0.2) is 41.0 Å². The van der Waals surface area contributed by atoms with Gasteiger partial charge in [-0.15, -0.1) is 0 Å². The second-order valence-electron chi connectivity index (χ2n) is 4.20. The van der Waals surface area contributed by atoms with E-state index in [2.05, 4.69) is 18.3 Å². The summed E-state index contributed by atoms with van der Waals surface area (Å²) in [6.45, 7) is 4.86. The lowest BCUT2D eigenvalue weighted by Crippen LogP contribution is -2.17. The Morgan fingerprint density at radius 2 is 2.18 bits per heavy atom. The van der Waals surface area contributed by atoms with Gasteiger partial charge in [0, 0.05) is 11.6 Å². The lowest BCUT2D eigenvalue weighted by atomic mass is 10.1. The molecular formula is C14H16ClNO.